The lowest BCUT2D eigenvalue weighted by Crippen LogP contribution is -2.53. The molecule has 1 atom stereocenters. The second-order valence-corrected chi connectivity index (χ2v) is 13.1. The third-order valence-electron chi connectivity index (χ3n) is 7.13. The molecular formula is C33H31BrF3N3O4S. The van der Waals surface area contributed by atoms with Gasteiger partial charge in [-0.15, -0.1) is 0 Å². The fraction of sp³-hybridized carbons (Fsp3) is 0.212. The molecule has 12 heteroatoms. The van der Waals surface area contributed by atoms with Crippen molar-refractivity contribution in [1.29, 1.82) is 0 Å². The van der Waals surface area contributed by atoms with Gasteiger partial charge in [0.05, 0.1) is 16.1 Å². The van der Waals surface area contributed by atoms with Gasteiger partial charge in [-0.3, -0.25) is 13.9 Å². The Morgan fingerprint density at radius 1 is 0.867 bits per heavy atom. The number of amides is 2. The molecule has 0 saturated heterocycles. The van der Waals surface area contributed by atoms with Crippen LogP contribution >= 0.6 is 15.9 Å². The van der Waals surface area contributed by atoms with Gasteiger partial charge in [-0.25, -0.2) is 8.42 Å². The zero-order valence-corrected chi connectivity index (χ0v) is 26.9. The van der Waals surface area contributed by atoms with Gasteiger partial charge in [0.1, 0.15) is 12.6 Å². The average molecular weight is 703 g/mol. The number of nitrogens with one attached hydrogen (secondary N) is 1. The summed E-state index contributed by atoms with van der Waals surface area (Å²) in [5, 5.41) is 2.59. The molecule has 0 saturated carbocycles. The van der Waals surface area contributed by atoms with Crippen LogP contribution < -0.4 is 9.62 Å². The molecule has 0 radical (unpaired) electrons. The Balaban J connectivity index is 1.82. The minimum absolute atomic E-state index is 0.0714. The first-order valence-corrected chi connectivity index (χ1v) is 16.1. The van der Waals surface area contributed by atoms with Crippen LogP contribution in [0.1, 0.15) is 22.3 Å². The van der Waals surface area contributed by atoms with Crippen LogP contribution in [0, 0.1) is 6.92 Å². The number of rotatable bonds is 11. The standard InChI is InChI=1S/C33H31BrF3N3O4S/c1-23-11-17-29(18-12-23)45(43,44)40(28-10-6-9-26(20-28)33(35,36)37)22-31(41)39(21-25-13-15-27(34)16-14-25)30(32(42)38-2)19-24-7-4-3-5-8-24/h3-18,20,30H,19,21-22H2,1-2H3,(H,38,42)/t30-/m0/s1. The number of likely N-dealkylation sites (N-methyl/N-ethyl adjacent to an activating group) is 1. The summed E-state index contributed by atoms with van der Waals surface area (Å²) in [4.78, 5) is 28.6. The lowest BCUT2D eigenvalue weighted by Gasteiger charge is -2.33. The summed E-state index contributed by atoms with van der Waals surface area (Å²) in [6, 6.07) is 24.5. The molecule has 7 nitrogen and oxygen atoms in total. The first-order valence-electron chi connectivity index (χ1n) is 13.9. The summed E-state index contributed by atoms with van der Waals surface area (Å²) in [7, 11) is -3.11. The second kappa shape index (κ2) is 14.3. The molecule has 0 heterocycles. The van der Waals surface area contributed by atoms with Gasteiger partial charge in [-0.05, 0) is 60.5 Å². The van der Waals surface area contributed by atoms with E-state index in [4.69, 9.17) is 0 Å². The third kappa shape index (κ3) is 8.52. The van der Waals surface area contributed by atoms with Crippen molar-refractivity contribution < 1.29 is 31.2 Å². The van der Waals surface area contributed by atoms with Crippen LogP contribution in [0.15, 0.2) is 112 Å². The maximum Gasteiger partial charge on any atom is 0.416 e. The topological polar surface area (TPSA) is 86.8 Å². The van der Waals surface area contributed by atoms with E-state index >= 15 is 0 Å². The minimum atomic E-state index is -4.76. The van der Waals surface area contributed by atoms with Crippen molar-refractivity contribution in [3.63, 3.8) is 0 Å². The number of anilines is 1. The number of aryl methyl sites for hydroxylation is 1. The molecule has 0 spiro atoms. The first-order chi connectivity index (χ1) is 21.3. The number of alkyl halides is 3. The fourth-order valence-corrected chi connectivity index (χ4v) is 6.38. The van der Waals surface area contributed by atoms with Crippen molar-refractivity contribution in [2.24, 2.45) is 0 Å². The van der Waals surface area contributed by atoms with Crippen LogP contribution in [-0.2, 0) is 38.8 Å². The van der Waals surface area contributed by atoms with Crippen LogP contribution in [0.3, 0.4) is 0 Å². The van der Waals surface area contributed by atoms with Crippen LogP contribution in [0.25, 0.3) is 0 Å². The molecule has 4 aromatic carbocycles. The van der Waals surface area contributed by atoms with Crippen molar-refractivity contribution >= 4 is 43.5 Å². The predicted molar refractivity (Wildman–Crippen MR) is 170 cm³/mol. The Morgan fingerprint density at radius 2 is 1.51 bits per heavy atom. The maximum atomic E-state index is 14.3. The molecule has 0 bridgehead atoms. The average Bonchev–Trinajstić information content (AvgIpc) is 3.02. The molecule has 236 valence electrons. The highest BCUT2D eigenvalue weighted by Gasteiger charge is 2.36. The Bertz CT molecular complexity index is 1730. The van der Waals surface area contributed by atoms with E-state index in [0.717, 1.165) is 27.7 Å². The lowest BCUT2D eigenvalue weighted by molar-refractivity contribution is -0.139. The number of benzene rings is 4. The molecule has 0 aliphatic rings. The van der Waals surface area contributed by atoms with E-state index in [1.54, 1.807) is 67.6 Å². The van der Waals surface area contributed by atoms with Gasteiger partial charge in [-0.1, -0.05) is 82.2 Å². The zero-order valence-electron chi connectivity index (χ0n) is 24.5. The summed E-state index contributed by atoms with van der Waals surface area (Å²) in [6.07, 6.45) is -4.65. The quantitative estimate of drug-likeness (QED) is 0.197. The summed E-state index contributed by atoms with van der Waals surface area (Å²) in [6.45, 7) is 0.824. The van der Waals surface area contributed by atoms with Crippen molar-refractivity contribution in [3.8, 4) is 0 Å². The van der Waals surface area contributed by atoms with Gasteiger partial charge >= 0.3 is 6.18 Å². The number of carbonyl (C=O) groups is 2. The highest BCUT2D eigenvalue weighted by atomic mass is 79.9. The van der Waals surface area contributed by atoms with Crippen molar-refractivity contribution in [2.75, 3.05) is 17.9 Å². The number of hydrogen-bond donors (Lipinski definition) is 1. The molecule has 2 amide bonds. The molecule has 0 unspecified atom stereocenters. The molecule has 0 aliphatic carbocycles. The molecule has 4 rings (SSSR count). The second-order valence-electron chi connectivity index (χ2n) is 10.3. The van der Waals surface area contributed by atoms with E-state index < -0.39 is 46.2 Å². The van der Waals surface area contributed by atoms with Crippen LogP contribution in [0.5, 0.6) is 0 Å². The Hall–Kier alpha value is -4.16. The highest BCUT2D eigenvalue weighted by Crippen LogP contribution is 2.33. The van der Waals surface area contributed by atoms with Gasteiger partial charge in [-0.2, -0.15) is 13.2 Å². The summed E-state index contributed by atoms with van der Waals surface area (Å²) in [5.74, 6) is -1.27. The van der Waals surface area contributed by atoms with Gasteiger partial charge in [0.2, 0.25) is 11.8 Å². The Kier molecular flexibility index (Phi) is 10.7. The largest absolute Gasteiger partial charge is 0.416 e. The summed E-state index contributed by atoms with van der Waals surface area (Å²) < 4.78 is 70.6. The molecule has 0 fully saturated rings. The summed E-state index contributed by atoms with van der Waals surface area (Å²) >= 11 is 3.38. The number of halogens is 4. The summed E-state index contributed by atoms with van der Waals surface area (Å²) in [5.41, 5.74) is 0.755. The smallest absolute Gasteiger partial charge is 0.357 e. The van der Waals surface area contributed by atoms with Gasteiger partial charge in [0, 0.05) is 24.5 Å². The van der Waals surface area contributed by atoms with Crippen molar-refractivity contribution in [3.05, 3.63) is 130 Å². The number of hydrogen-bond acceptors (Lipinski definition) is 4. The van der Waals surface area contributed by atoms with Gasteiger partial charge in [0.15, 0.2) is 0 Å². The fourth-order valence-electron chi connectivity index (χ4n) is 4.71. The SMILES string of the molecule is CNC(=O)[C@H](Cc1ccccc1)N(Cc1ccc(Br)cc1)C(=O)CN(c1cccc(C(F)(F)F)c1)S(=O)(=O)c1ccc(C)cc1. The van der Waals surface area contributed by atoms with Gasteiger partial charge in [0.25, 0.3) is 10.0 Å². The molecule has 0 aromatic heterocycles. The van der Waals surface area contributed by atoms with E-state index in [1.807, 2.05) is 6.07 Å². The van der Waals surface area contributed by atoms with Crippen molar-refractivity contribution in [2.45, 2.75) is 37.0 Å². The Labute approximate surface area is 268 Å². The Morgan fingerprint density at radius 3 is 2.11 bits per heavy atom. The van der Waals surface area contributed by atoms with Crippen LogP contribution in [0.2, 0.25) is 0 Å². The van der Waals surface area contributed by atoms with E-state index in [9.17, 15) is 31.2 Å². The molecule has 45 heavy (non-hydrogen) atoms. The number of nitrogens with zero attached hydrogens (tertiary/aromatic N) is 2. The van der Waals surface area contributed by atoms with Gasteiger partial charge < -0.3 is 10.2 Å². The monoisotopic (exact) mass is 701 g/mol. The highest BCUT2D eigenvalue weighted by molar-refractivity contribution is 9.10. The maximum absolute atomic E-state index is 14.3. The number of carbonyl (C=O) groups excluding carboxylic acids is 2. The van der Waals surface area contributed by atoms with Crippen LogP contribution in [-0.4, -0.2) is 44.8 Å². The van der Waals surface area contributed by atoms with E-state index in [0.29, 0.717) is 15.9 Å². The van der Waals surface area contributed by atoms with E-state index in [-0.39, 0.29) is 23.5 Å². The normalized spacial score (nSPS) is 12.3. The van der Waals surface area contributed by atoms with E-state index in [1.165, 1.54) is 30.1 Å². The van der Waals surface area contributed by atoms with Crippen molar-refractivity contribution in [1.82, 2.24) is 10.2 Å². The molecule has 1 N–H and O–H groups in total. The van der Waals surface area contributed by atoms with Crippen LogP contribution in [0.4, 0.5) is 18.9 Å². The molecular weight excluding hydrogens is 671 g/mol. The molecule has 4 aromatic rings. The minimum Gasteiger partial charge on any atom is -0.357 e. The zero-order chi connectivity index (χ0) is 32.8. The molecule has 0 aliphatic heterocycles. The third-order valence-corrected chi connectivity index (χ3v) is 9.45. The predicted octanol–water partition coefficient (Wildman–Crippen LogP) is 6.36. The lowest BCUT2D eigenvalue weighted by atomic mass is 10.0. The number of sulfonamides is 1. The van der Waals surface area contributed by atoms with E-state index in [2.05, 4.69) is 21.2 Å². The first kappa shape index (κ1) is 33.7.